The summed E-state index contributed by atoms with van der Waals surface area (Å²) in [5.74, 6) is -1.38. The van der Waals surface area contributed by atoms with E-state index < -0.39 is 17.9 Å². The van der Waals surface area contributed by atoms with Gasteiger partial charge in [-0.1, -0.05) is 26.0 Å². The molecule has 0 fully saturated rings. The van der Waals surface area contributed by atoms with E-state index in [4.69, 9.17) is 0 Å². The first-order chi connectivity index (χ1) is 9.56. The molecular weight excluding hydrogens is 256 g/mol. The first-order valence-electron chi connectivity index (χ1n) is 6.93. The second-order valence-corrected chi connectivity index (χ2v) is 4.61. The van der Waals surface area contributed by atoms with E-state index in [1.807, 2.05) is 32.0 Å². The van der Waals surface area contributed by atoms with Crippen LogP contribution in [0.2, 0.25) is 0 Å². The van der Waals surface area contributed by atoms with Gasteiger partial charge in [-0.15, -0.1) is 0 Å². The molecule has 1 unspecified atom stereocenters. The summed E-state index contributed by atoms with van der Waals surface area (Å²) in [5, 5.41) is 14.4. The molecule has 0 aromatic heterocycles. The van der Waals surface area contributed by atoms with Crippen LogP contribution in [0.4, 0.5) is 5.69 Å². The number of rotatable bonds is 6. The van der Waals surface area contributed by atoms with Gasteiger partial charge in [-0.25, -0.2) is 0 Å². The van der Waals surface area contributed by atoms with Gasteiger partial charge in [0.25, 0.3) is 0 Å². The van der Waals surface area contributed by atoms with Crippen LogP contribution in [0.1, 0.15) is 32.3 Å². The third-order valence-corrected chi connectivity index (χ3v) is 3.03. The lowest BCUT2D eigenvalue weighted by atomic mass is 10.1. The van der Waals surface area contributed by atoms with Gasteiger partial charge < -0.3 is 15.7 Å². The highest BCUT2D eigenvalue weighted by molar-refractivity contribution is 6.39. The van der Waals surface area contributed by atoms with E-state index in [2.05, 4.69) is 10.6 Å². The number of hydrogen-bond acceptors (Lipinski definition) is 3. The van der Waals surface area contributed by atoms with Crippen molar-refractivity contribution in [2.24, 2.45) is 0 Å². The van der Waals surface area contributed by atoms with Gasteiger partial charge in [-0.05, 0) is 37.0 Å². The third-order valence-electron chi connectivity index (χ3n) is 3.03. The van der Waals surface area contributed by atoms with Crippen LogP contribution in [0.3, 0.4) is 0 Å². The number of carbonyl (C=O) groups is 2. The van der Waals surface area contributed by atoms with E-state index >= 15 is 0 Å². The lowest BCUT2D eigenvalue weighted by Gasteiger charge is -2.09. The largest absolute Gasteiger partial charge is 0.393 e. The van der Waals surface area contributed by atoms with Gasteiger partial charge in [0.2, 0.25) is 0 Å². The summed E-state index contributed by atoms with van der Waals surface area (Å²) < 4.78 is 0. The van der Waals surface area contributed by atoms with Crippen molar-refractivity contribution >= 4 is 17.5 Å². The molecule has 0 aliphatic carbocycles. The van der Waals surface area contributed by atoms with Crippen molar-refractivity contribution in [2.45, 2.75) is 39.2 Å². The third kappa shape index (κ3) is 5.40. The van der Waals surface area contributed by atoms with Gasteiger partial charge >= 0.3 is 11.8 Å². The molecule has 110 valence electrons. The van der Waals surface area contributed by atoms with Crippen molar-refractivity contribution in [1.82, 2.24) is 5.32 Å². The Morgan fingerprint density at radius 2 is 2.00 bits per heavy atom. The molecule has 5 nitrogen and oxygen atoms in total. The monoisotopic (exact) mass is 278 g/mol. The van der Waals surface area contributed by atoms with E-state index in [-0.39, 0.29) is 6.54 Å². The molecule has 0 bridgehead atoms. The number of aliphatic hydroxyl groups excluding tert-OH is 1. The van der Waals surface area contributed by atoms with Crippen molar-refractivity contribution in [3.05, 3.63) is 29.8 Å². The highest BCUT2D eigenvalue weighted by Crippen LogP contribution is 2.10. The number of nitrogens with one attached hydrogen (secondary N) is 2. The Morgan fingerprint density at radius 1 is 1.25 bits per heavy atom. The first kappa shape index (κ1) is 16.2. The zero-order chi connectivity index (χ0) is 15.0. The molecule has 0 heterocycles. The molecule has 5 heteroatoms. The van der Waals surface area contributed by atoms with E-state index in [0.29, 0.717) is 18.5 Å². The number of benzene rings is 1. The Morgan fingerprint density at radius 3 is 2.65 bits per heavy atom. The van der Waals surface area contributed by atoms with Gasteiger partial charge in [0.1, 0.15) is 0 Å². The molecule has 0 saturated heterocycles. The number of aryl methyl sites for hydroxylation is 1. The smallest absolute Gasteiger partial charge is 0.313 e. The van der Waals surface area contributed by atoms with Crippen LogP contribution in [0.15, 0.2) is 24.3 Å². The van der Waals surface area contributed by atoms with Gasteiger partial charge in [0.15, 0.2) is 0 Å². The molecule has 0 radical (unpaired) electrons. The van der Waals surface area contributed by atoms with E-state index in [9.17, 15) is 14.7 Å². The molecule has 1 rings (SSSR count). The Bertz CT molecular complexity index is 460. The zero-order valence-electron chi connectivity index (χ0n) is 12.0. The summed E-state index contributed by atoms with van der Waals surface area (Å²) in [6, 6.07) is 7.38. The zero-order valence-corrected chi connectivity index (χ0v) is 12.0. The Labute approximate surface area is 119 Å². The maximum Gasteiger partial charge on any atom is 0.313 e. The number of aliphatic hydroxyl groups is 1. The summed E-state index contributed by atoms with van der Waals surface area (Å²) in [4.78, 5) is 23.2. The lowest BCUT2D eigenvalue weighted by molar-refractivity contribution is -0.136. The minimum atomic E-state index is -0.691. The van der Waals surface area contributed by atoms with E-state index in [0.717, 1.165) is 12.0 Å². The summed E-state index contributed by atoms with van der Waals surface area (Å²) in [5.41, 5.74) is 1.70. The van der Waals surface area contributed by atoms with Crippen molar-refractivity contribution in [1.29, 1.82) is 0 Å². The van der Waals surface area contributed by atoms with Gasteiger partial charge in [0, 0.05) is 12.2 Å². The average Bonchev–Trinajstić information content (AvgIpc) is 2.46. The normalized spacial score (nSPS) is 11.8. The van der Waals surface area contributed by atoms with Crippen molar-refractivity contribution < 1.29 is 14.7 Å². The van der Waals surface area contributed by atoms with Crippen molar-refractivity contribution in [2.75, 3.05) is 11.9 Å². The minimum absolute atomic E-state index is 0.288. The van der Waals surface area contributed by atoms with Crippen molar-refractivity contribution in [3.63, 3.8) is 0 Å². The van der Waals surface area contributed by atoms with Crippen LogP contribution in [0.5, 0.6) is 0 Å². The van der Waals surface area contributed by atoms with Crippen LogP contribution in [-0.4, -0.2) is 29.6 Å². The lowest BCUT2D eigenvalue weighted by Crippen LogP contribution is -2.36. The molecule has 0 saturated carbocycles. The predicted octanol–water partition coefficient (Wildman–Crippen LogP) is 1.46. The fraction of sp³-hybridized carbons (Fsp3) is 0.467. The van der Waals surface area contributed by atoms with Crippen LogP contribution < -0.4 is 10.6 Å². The van der Waals surface area contributed by atoms with E-state index in [1.54, 1.807) is 6.07 Å². The highest BCUT2D eigenvalue weighted by atomic mass is 16.3. The van der Waals surface area contributed by atoms with Gasteiger partial charge in [-0.2, -0.15) is 0 Å². The quantitative estimate of drug-likeness (QED) is 0.689. The van der Waals surface area contributed by atoms with E-state index in [1.165, 1.54) is 0 Å². The minimum Gasteiger partial charge on any atom is -0.393 e. The molecule has 0 spiro atoms. The van der Waals surface area contributed by atoms with Crippen LogP contribution >= 0.6 is 0 Å². The molecular formula is C15H22N2O3. The second-order valence-electron chi connectivity index (χ2n) is 4.61. The summed E-state index contributed by atoms with van der Waals surface area (Å²) in [6.45, 7) is 4.17. The number of anilines is 1. The number of amides is 2. The number of hydrogen-bond donors (Lipinski definition) is 3. The molecule has 3 N–H and O–H groups in total. The Hall–Kier alpha value is -1.88. The molecule has 2 amide bonds. The molecule has 1 aromatic rings. The topological polar surface area (TPSA) is 78.4 Å². The van der Waals surface area contributed by atoms with Crippen LogP contribution in [0, 0.1) is 0 Å². The maximum atomic E-state index is 11.7. The van der Waals surface area contributed by atoms with Gasteiger partial charge in [0.05, 0.1) is 6.10 Å². The summed E-state index contributed by atoms with van der Waals surface area (Å²) >= 11 is 0. The fourth-order valence-electron chi connectivity index (χ4n) is 1.69. The molecule has 1 aromatic carbocycles. The van der Waals surface area contributed by atoms with Crippen molar-refractivity contribution in [3.8, 4) is 0 Å². The molecule has 0 aliphatic heterocycles. The summed E-state index contributed by atoms with van der Waals surface area (Å²) in [7, 11) is 0. The molecule has 20 heavy (non-hydrogen) atoms. The Balaban J connectivity index is 2.43. The fourth-order valence-corrected chi connectivity index (χ4v) is 1.69. The SMILES string of the molecule is CCc1cccc(NC(=O)C(=O)NCCC(O)CC)c1. The van der Waals surface area contributed by atoms with Gasteiger partial charge in [-0.3, -0.25) is 9.59 Å². The maximum absolute atomic E-state index is 11.7. The van der Waals surface area contributed by atoms with Crippen LogP contribution in [-0.2, 0) is 16.0 Å². The second kappa shape index (κ2) is 8.32. The average molecular weight is 278 g/mol. The summed E-state index contributed by atoms with van der Waals surface area (Å²) in [6.07, 6.45) is 1.50. The van der Waals surface area contributed by atoms with Crippen LogP contribution in [0.25, 0.3) is 0 Å². The molecule has 0 aliphatic rings. The number of carbonyl (C=O) groups excluding carboxylic acids is 2. The standard InChI is InChI=1S/C15H22N2O3/c1-3-11-6-5-7-12(10-11)17-15(20)14(19)16-9-8-13(18)4-2/h5-7,10,13,18H,3-4,8-9H2,1-2H3,(H,16,19)(H,17,20). The predicted molar refractivity (Wildman–Crippen MR) is 78.4 cm³/mol. The Kier molecular flexibility index (Phi) is 6.73. The first-order valence-corrected chi connectivity index (χ1v) is 6.93. The molecule has 1 atom stereocenters. The highest BCUT2D eigenvalue weighted by Gasteiger charge is 2.13.